The minimum Gasteiger partial charge on any atom is -0.497 e. The summed E-state index contributed by atoms with van der Waals surface area (Å²) < 4.78 is 11.0. The second-order valence-electron chi connectivity index (χ2n) is 6.62. The molecule has 0 spiro atoms. The quantitative estimate of drug-likeness (QED) is 0.681. The fraction of sp³-hybridized carbons (Fsp3) is 0.550. The highest BCUT2D eigenvalue weighted by Gasteiger charge is 2.34. The maximum atomic E-state index is 12.4. The van der Waals surface area contributed by atoms with Gasteiger partial charge in [-0.2, -0.15) is 0 Å². The van der Waals surface area contributed by atoms with Crippen LogP contribution in [0.3, 0.4) is 0 Å². The normalized spacial score (nSPS) is 22.7. The fourth-order valence-electron chi connectivity index (χ4n) is 2.96. The molecule has 1 aliphatic rings. The third-order valence-corrected chi connectivity index (χ3v) is 4.55. The standard InChI is InChI=1S/C20H28N2O4/c1-4-12-22(2)13-11-17-9-10-18(23)19(26-17)20(24)21-14-15-5-7-16(25-3)8-6-15/h1,5-8,17-19,23H,9-14H2,2-3H3,(H,21,24). The Labute approximate surface area is 155 Å². The van der Waals surface area contributed by atoms with Gasteiger partial charge in [0.25, 0.3) is 5.91 Å². The third-order valence-electron chi connectivity index (χ3n) is 4.55. The molecule has 6 nitrogen and oxygen atoms in total. The topological polar surface area (TPSA) is 71.0 Å². The van der Waals surface area contributed by atoms with Crippen LogP contribution in [0.15, 0.2) is 24.3 Å². The zero-order valence-electron chi connectivity index (χ0n) is 15.5. The van der Waals surface area contributed by atoms with E-state index in [4.69, 9.17) is 15.9 Å². The number of nitrogens with zero attached hydrogens (tertiary/aromatic N) is 1. The molecule has 142 valence electrons. The van der Waals surface area contributed by atoms with E-state index in [-0.39, 0.29) is 12.0 Å². The molecule has 1 aromatic carbocycles. The van der Waals surface area contributed by atoms with Crippen molar-refractivity contribution in [2.24, 2.45) is 0 Å². The zero-order chi connectivity index (χ0) is 18.9. The summed E-state index contributed by atoms with van der Waals surface area (Å²) in [6.07, 6.45) is 5.74. The molecule has 0 radical (unpaired) electrons. The van der Waals surface area contributed by atoms with Gasteiger partial charge in [-0.1, -0.05) is 18.1 Å². The van der Waals surface area contributed by atoms with Gasteiger partial charge in [-0.3, -0.25) is 9.69 Å². The number of carbonyl (C=O) groups is 1. The van der Waals surface area contributed by atoms with Gasteiger partial charge < -0.3 is 19.9 Å². The number of terminal acetylenes is 1. The summed E-state index contributed by atoms with van der Waals surface area (Å²) >= 11 is 0. The van der Waals surface area contributed by atoms with Crippen LogP contribution in [0, 0.1) is 12.3 Å². The van der Waals surface area contributed by atoms with Crippen LogP contribution in [0.2, 0.25) is 0 Å². The molecule has 3 atom stereocenters. The monoisotopic (exact) mass is 360 g/mol. The van der Waals surface area contributed by atoms with Crippen molar-refractivity contribution < 1.29 is 19.4 Å². The van der Waals surface area contributed by atoms with Crippen molar-refractivity contribution in [1.29, 1.82) is 0 Å². The van der Waals surface area contributed by atoms with Crippen LogP contribution in [-0.2, 0) is 16.1 Å². The lowest BCUT2D eigenvalue weighted by atomic mass is 9.98. The maximum Gasteiger partial charge on any atom is 0.252 e. The number of nitrogens with one attached hydrogen (secondary N) is 1. The van der Waals surface area contributed by atoms with E-state index in [0.717, 1.165) is 30.7 Å². The first-order chi connectivity index (χ1) is 12.5. The number of benzene rings is 1. The van der Waals surface area contributed by atoms with Gasteiger partial charge in [-0.05, 0) is 44.0 Å². The number of methoxy groups -OCH3 is 1. The predicted molar refractivity (Wildman–Crippen MR) is 99.7 cm³/mol. The Morgan fingerprint density at radius 3 is 2.81 bits per heavy atom. The van der Waals surface area contributed by atoms with Crippen LogP contribution in [0.5, 0.6) is 5.75 Å². The van der Waals surface area contributed by atoms with Crippen molar-refractivity contribution in [2.75, 3.05) is 27.2 Å². The number of hydrogen-bond donors (Lipinski definition) is 2. The second-order valence-corrected chi connectivity index (χ2v) is 6.62. The Hall–Kier alpha value is -2.07. The first kappa shape index (κ1) is 20.2. The number of hydrogen-bond acceptors (Lipinski definition) is 5. The van der Waals surface area contributed by atoms with Gasteiger partial charge in [-0.25, -0.2) is 0 Å². The Bertz CT molecular complexity index is 611. The van der Waals surface area contributed by atoms with Gasteiger partial charge in [0, 0.05) is 13.1 Å². The molecule has 2 rings (SSSR count). The van der Waals surface area contributed by atoms with E-state index in [1.54, 1.807) is 7.11 Å². The Morgan fingerprint density at radius 1 is 1.42 bits per heavy atom. The lowest BCUT2D eigenvalue weighted by Crippen LogP contribution is -2.49. The van der Waals surface area contributed by atoms with Gasteiger partial charge in [0.15, 0.2) is 6.10 Å². The average molecular weight is 360 g/mol. The highest BCUT2D eigenvalue weighted by Crippen LogP contribution is 2.22. The molecule has 6 heteroatoms. The summed E-state index contributed by atoms with van der Waals surface area (Å²) in [5.41, 5.74) is 0.955. The molecule has 0 aliphatic carbocycles. The third kappa shape index (κ3) is 6.03. The molecule has 2 N–H and O–H groups in total. The molecule has 1 amide bonds. The van der Waals surface area contributed by atoms with Crippen LogP contribution in [0.25, 0.3) is 0 Å². The number of ether oxygens (including phenoxy) is 2. The Balaban J connectivity index is 1.82. The van der Waals surface area contributed by atoms with Crippen LogP contribution in [-0.4, -0.2) is 61.5 Å². The molecule has 0 bridgehead atoms. The minimum absolute atomic E-state index is 0.0460. The minimum atomic E-state index is -0.829. The zero-order valence-corrected chi connectivity index (χ0v) is 15.5. The van der Waals surface area contributed by atoms with Crippen molar-refractivity contribution in [3.63, 3.8) is 0 Å². The largest absolute Gasteiger partial charge is 0.497 e. The molecule has 0 aromatic heterocycles. The predicted octanol–water partition coefficient (Wildman–Crippen LogP) is 1.18. The lowest BCUT2D eigenvalue weighted by molar-refractivity contribution is -0.158. The molecular formula is C20H28N2O4. The van der Waals surface area contributed by atoms with Gasteiger partial charge in [0.1, 0.15) is 5.75 Å². The highest BCUT2D eigenvalue weighted by atomic mass is 16.5. The molecule has 3 unspecified atom stereocenters. The Morgan fingerprint density at radius 2 is 2.15 bits per heavy atom. The van der Waals surface area contributed by atoms with E-state index in [2.05, 4.69) is 11.2 Å². The summed E-state index contributed by atoms with van der Waals surface area (Å²) in [5.74, 6) is 3.09. The van der Waals surface area contributed by atoms with E-state index in [1.807, 2.05) is 36.2 Å². The van der Waals surface area contributed by atoms with Crippen molar-refractivity contribution in [2.45, 2.75) is 44.1 Å². The van der Waals surface area contributed by atoms with Gasteiger partial charge in [0.2, 0.25) is 0 Å². The van der Waals surface area contributed by atoms with E-state index in [9.17, 15) is 9.90 Å². The number of carbonyl (C=O) groups excluding carboxylic acids is 1. The van der Waals surface area contributed by atoms with E-state index >= 15 is 0 Å². The van der Waals surface area contributed by atoms with Crippen LogP contribution in [0.1, 0.15) is 24.8 Å². The van der Waals surface area contributed by atoms with Crippen molar-refractivity contribution in [1.82, 2.24) is 10.2 Å². The summed E-state index contributed by atoms with van der Waals surface area (Å²) in [5, 5.41) is 13.0. The van der Waals surface area contributed by atoms with E-state index in [1.165, 1.54) is 0 Å². The summed E-state index contributed by atoms with van der Waals surface area (Å²) in [6, 6.07) is 7.47. The van der Waals surface area contributed by atoms with E-state index < -0.39 is 12.2 Å². The molecule has 1 fully saturated rings. The van der Waals surface area contributed by atoms with Crippen molar-refractivity contribution >= 4 is 5.91 Å². The van der Waals surface area contributed by atoms with Gasteiger partial charge in [-0.15, -0.1) is 6.42 Å². The maximum absolute atomic E-state index is 12.4. The SMILES string of the molecule is C#CCN(C)CCC1CCC(O)C(C(=O)NCc2ccc(OC)cc2)O1. The van der Waals surface area contributed by atoms with Gasteiger partial charge >= 0.3 is 0 Å². The average Bonchev–Trinajstić information content (AvgIpc) is 2.66. The molecule has 26 heavy (non-hydrogen) atoms. The first-order valence-electron chi connectivity index (χ1n) is 8.89. The first-order valence-corrected chi connectivity index (χ1v) is 8.89. The van der Waals surface area contributed by atoms with Crippen LogP contribution in [0.4, 0.5) is 0 Å². The fourth-order valence-corrected chi connectivity index (χ4v) is 2.96. The van der Waals surface area contributed by atoms with Crippen LogP contribution < -0.4 is 10.1 Å². The highest BCUT2D eigenvalue weighted by molar-refractivity contribution is 5.81. The van der Waals surface area contributed by atoms with Crippen LogP contribution >= 0.6 is 0 Å². The number of rotatable bonds is 8. The molecular weight excluding hydrogens is 332 g/mol. The second kappa shape index (κ2) is 10.2. The number of aliphatic hydroxyl groups excluding tert-OH is 1. The number of amides is 1. The Kier molecular flexibility index (Phi) is 7.92. The van der Waals surface area contributed by atoms with Crippen molar-refractivity contribution in [3.05, 3.63) is 29.8 Å². The summed E-state index contributed by atoms with van der Waals surface area (Å²) in [7, 11) is 3.57. The molecule has 1 aliphatic heterocycles. The molecule has 1 aromatic rings. The smallest absolute Gasteiger partial charge is 0.252 e. The summed E-state index contributed by atoms with van der Waals surface area (Å²) in [4.78, 5) is 14.5. The lowest BCUT2D eigenvalue weighted by Gasteiger charge is -2.33. The van der Waals surface area contributed by atoms with Crippen molar-refractivity contribution in [3.8, 4) is 18.1 Å². The molecule has 1 heterocycles. The molecule has 0 saturated carbocycles. The number of aliphatic hydroxyl groups is 1. The molecule has 1 saturated heterocycles. The summed E-state index contributed by atoms with van der Waals surface area (Å²) in [6.45, 7) is 1.76. The van der Waals surface area contributed by atoms with Gasteiger partial charge in [0.05, 0.1) is 25.9 Å². The van der Waals surface area contributed by atoms with E-state index in [0.29, 0.717) is 19.5 Å².